The van der Waals surface area contributed by atoms with Crippen molar-refractivity contribution in [1.29, 1.82) is 0 Å². The second-order valence-corrected chi connectivity index (χ2v) is 7.95. The van der Waals surface area contributed by atoms with Crippen molar-refractivity contribution < 1.29 is 14.3 Å². The minimum absolute atomic E-state index is 0.203. The normalized spacial score (nSPS) is 14.7. The quantitative estimate of drug-likeness (QED) is 0.634. The molecule has 1 saturated heterocycles. The lowest BCUT2D eigenvalue weighted by atomic mass is 10.1. The van der Waals surface area contributed by atoms with Crippen LogP contribution in [0.15, 0.2) is 54.6 Å². The second-order valence-electron chi connectivity index (χ2n) is 7.95. The first-order valence-electron chi connectivity index (χ1n) is 10.8. The Morgan fingerprint density at radius 2 is 1.75 bits per heavy atom. The monoisotopic (exact) mass is 432 g/mol. The molecule has 1 atom stereocenters. The largest absolute Gasteiger partial charge is 0.481 e. The van der Waals surface area contributed by atoms with E-state index in [-0.39, 0.29) is 5.91 Å². The average Bonchev–Trinajstić information content (AvgIpc) is 2.82. The Labute approximate surface area is 188 Å². The number of carbonyl (C=O) groups is 1. The first-order chi connectivity index (χ1) is 15.5. The van der Waals surface area contributed by atoms with Crippen molar-refractivity contribution in [2.75, 3.05) is 36.5 Å². The van der Waals surface area contributed by atoms with Gasteiger partial charge in [0, 0.05) is 24.3 Å². The predicted molar refractivity (Wildman–Crippen MR) is 125 cm³/mol. The van der Waals surface area contributed by atoms with Gasteiger partial charge >= 0.3 is 0 Å². The lowest BCUT2D eigenvalue weighted by molar-refractivity contribution is -0.122. The summed E-state index contributed by atoms with van der Waals surface area (Å²) in [6, 6.07) is 17.3. The number of hydrogen-bond donors (Lipinski definition) is 1. The fourth-order valence-corrected chi connectivity index (χ4v) is 3.45. The number of amides is 1. The topological polar surface area (TPSA) is 76.6 Å². The number of ether oxygens (including phenoxy) is 2. The van der Waals surface area contributed by atoms with E-state index in [1.54, 1.807) is 6.92 Å². The molecule has 2 heterocycles. The van der Waals surface area contributed by atoms with Gasteiger partial charge in [-0.25, -0.2) is 0 Å². The zero-order valence-electron chi connectivity index (χ0n) is 18.7. The molecule has 1 unspecified atom stereocenters. The number of aromatic nitrogens is 2. The predicted octanol–water partition coefficient (Wildman–Crippen LogP) is 4.00. The Balaban J connectivity index is 1.35. The second kappa shape index (κ2) is 9.78. The van der Waals surface area contributed by atoms with E-state index in [1.165, 1.54) is 5.56 Å². The number of benzene rings is 2. The number of anilines is 2. The molecule has 0 bridgehead atoms. The van der Waals surface area contributed by atoms with Crippen LogP contribution in [0.3, 0.4) is 0 Å². The summed E-state index contributed by atoms with van der Waals surface area (Å²) in [7, 11) is 0. The van der Waals surface area contributed by atoms with Crippen molar-refractivity contribution in [2.24, 2.45) is 0 Å². The lowest BCUT2D eigenvalue weighted by Crippen LogP contribution is -2.36. The van der Waals surface area contributed by atoms with Gasteiger partial charge in [0.1, 0.15) is 5.75 Å². The molecule has 0 aliphatic carbocycles. The van der Waals surface area contributed by atoms with E-state index in [0.717, 1.165) is 35.7 Å². The highest BCUT2D eigenvalue weighted by atomic mass is 16.5. The van der Waals surface area contributed by atoms with Crippen LogP contribution < -0.4 is 15.0 Å². The van der Waals surface area contributed by atoms with Gasteiger partial charge in [0.25, 0.3) is 5.91 Å². The fraction of sp³-hybridized carbons (Fsp3) is 0.320. The number of aryl methyl sites for hydroxylation is 2. The molecular weight excluding hydrogens is 404 g/mol. The number of carbonyl (C=O) groups excluding carboxylic acids is 1. The van der Waals surface area contributed by atoms with E-state index in [9.17, 15) is 4.79 Å². The van der Waals surface area contributed by atoms with E-state index in [1.807, 2.05) is 68.4 Å². The van der Waals surface area contributed by atoms with Crippen LogP contribution in [0.4, 0.5) is 11.5 Å². The molecule has 1 amide bonds. The van der Waals surface area contributed by atoms with Crippen LogP contribution in [0.2, 0.25) is 0 Å². The standard InChI is InChI=1S/C25H28N4O3/c1-17-4-9-22(16-18(17)2)32-19(3)25(30)26-21-7-5-20(6-8-21)23-10-11-24(28-27-23)29-12-14-31-15-13-29/h4-11,16,19H,12-15H2,1-3H3,(H,26,30). The summed E-state index contributed by atoms with van der Waals surface area (Å²) < 4.78 is 11.2. The number of rotatable bonds is 6. The minimum atomic E-state index is -0.615. The molecule has 7 nitrogen and oxygen atoms in total. The first-order valence-corrected chi connectivity index (χ1v) is 10.8. The van der Waals surface area contributed by atoms with Gasteiger partial charge in [-0.15, -0.1) is 10.2 Å². The minimum Gasteiger partial charge on any atom is -0.481 e. The van der Waals surface area contributed by atoms with Crippen LogP contribution in [0, 0.1) is 13.8 Å². The van der Waals surface area contributed by atoms with Gasteiger partial charge in [-0.3, -0.25) is 4.79 Å². The summed E-state index contributed by atoms with van der Waals surface area (Å²) in [5.74, 6) is 1.34. The Morgan fingerprint density at radius 3 is 2.41 bits per heavy atom. The van der Waals surface area contributed by atoms with Crippen LogP contribution in [-0.2, 0) is 9.53 Å². The van der Waals surface area contributed by atoms with E-state index in [2.05, 4.69) is 20.4 Å². The highest BCUT2D eigenvalue weighted by Crippen LogP contribution is 2.22. The first kappa shape index (κ1) is 21.8. The fourth-order valence-electron chi connectivity index (χ4n) is 3.45. The van der Waals surface area contributed by atoms with Crippen LogP contribution in [-0.4, -0.2) is 48.5 Å². The number of morpholine rings is 1. The molecule has 2 aromatic carbocycles. The lowest BCUT2D eigenvalue weighted by Gasteiger charge is -2.27. The Morgan fingerprint density at radius 1 is 1.00 bits per heavy atom. The molecule has 1 fully saturated rings. The van der Waals surface area contributed by atoms with Crippen molar-refractivity contribution in [3.63, 3.8) is 0 Å². The van der Waals surface area contributed by atoms with Crippen molar-refractivity contribution >= 4 is 17.4 Å². The zero-order valence-corrected chi connectivity index (χ0v) is 18.7. The van der Waals surface area contributed by atoms with Gasteiger partial charge < -0.3 is 19.7 Å². The SMILES string of the molecule is Cc1ccc(OC(C)C(=O)Nc2ccc(-c3ccc(N4CCOCC4)nn3)cc2)cc1C. The molecule has 4 rings (SSSR count). The molecule has 7 heteroatoms. The van der Waals surface area contributed by atoms with E-state index < -0.39 is 6.10 Å². The molecular formula is C25H28N4O3. The maximum Gasteiger partial charge on any atom is 0.265 e. The van der Waals surface area contributed by atoms with Gasteiger partial charge in [0.15, 0.2) is 11.9 Å². The third kappa shape index (κ3) is 5.23. The summed E-state index contributed by atoms with van der Waals surface area (Å²) in [5, 5.41) is 11.6. The van der Waals surface area contributed by atoms with E-state index in [0.29, 0.717) is 24.7 Å². The van der Waals surface area contributed by atoms with Crippen molar-refractivity contribution in [3.8, 4) is 17.0 Å². The van der Waals surface area contributed by atoms with E-state index >= 15 is 0 Å². The summed E-state index contributed by atoms with van der Waals surface area (Å²) in [5.41, 5.74) is 4.74. The van der Waals surface area contributed by atoms with Crippen LogP contribution in [0.1, 0.15) is 18.1 Å². The Hall–Kier alpha value is -3.45. The maximum atomic E-state index is 12.5. The van der Waals surface area contributed by atoms with Crippen molar-refractivity contribution in [1.82, 2.24) is 10.2 Å². The molecule has 0 saturated carbocycles. The summed E-state index contributed by atoms with van der Waals surface area (Å²) in [4.78, 5) is 14.7. The van der Waals surface area contributed by atoms with Crippen LogP contribution in [0.5, 0.6) is 5.75 Å². The van der Waals surface area contributed by atoms with Gasteiger partial charge in [-0.1, -0.05) is 18.2 Å². The molecule has 0 spiro atoms. The van der Waals surface area contributed by atoms with Crippen LogP contribution >= 0.6 is 0 Å². The van der Waals surface area contributed by atoms with Gasteiger partial charge in [0.05, 0.1) is 18.9 Å². The Kier molecular flexibility index (Phi) is 6.66. The maximum absolute atomic E-state index is 12.5. The molecule has 1 N–H and O–H groups in total. The Bertz CT molecular complexity index is 1060. The number of nitrogens with zero attached hydrogens (tertiary/aromatic N) is 3. The molecule has 1 aliphatic heterocycles. The third-order valence-corrected chi connectivity index (χ3v) is 5.59. The van der Waals surface area contributed by atoms with E-state index in [4.69, 9.17) is 9.47 Å². The zero-order chi connectivity index (χ0) is 22.5. The molecule has 32 heavy (non-hydrogen) atoms. The van der Waals surface area contributed by atoms with Crippen LogP contribution in [0.25, 0.3) is 11.3 Å². The summed E-state index contributed by atoms with van der Waals surface area (Å²) in [6.07, 6.45) is -0.615. The summed E-state index contributed by atoms with van der Waals surface area (Å²) in [6.45, 7) is 8.89. The third-order valence-electron chi connectivity index (χ3n) is 5.59. The summed E-state index contributed by atoms with van der Waals surface area (Å²) >= 11 is 0. The number of nitrogens with one attached hydrogen (secondary N) is 1. The van der Waals surface area contributed by atoms with Crippen molar-refractivity contribution in [2.45, 2.75) is 26.9 Å². The van der Waals surface area contributed by atoms with Gasteiger partial charge in [0.2, 0.25) is 0 Å². The molecule has 166 valence electrons. The molecule has 3 aromatic rings. The smallest absolute Gasteiger partial charge is 0.265 e. The molecule has 1 aromatic heterocycles. The highest BCUT2D eigenvalue weighted by Gasteiger charge is 2.16. The van der Waals surface area contributed by atoms with Crippen molar-refractivity contribution in [3.05, 3.63) is 65.7 Å². The van der Waals surface area contributed by atoms with Gasteiger partial charge in [-0.2, -0.15) is 0 Å². The average molecular weight is 433 g/mol. The highest BCUT2D eigenvalue weighted by molar-refractivity contribution is 5.94. The molecule has 0 radical (unpaired) electrons. The molecule has 1 aliphatic rings. The van der Waals surface area contributed by atoms with Gasteiger partial charge in [-0.05, 0) is 68.3 Å². The number of hydrogen-bond acceptors (Lipinski definition) is 6.